The van der Waals surface area contributed by atoms with Gasteiger partial charge in [-0.1, -0.05) is 345 Å². The minimum atomic E-state index is -0.777. The minimum absolute atomic E-state index is 0.0725. The number of ether oxygens (including phenoxy) is 3. The maximum atomic E-state index is 13.0. The Morgan fingerprint density at radius 3 is 0.699 bits per heavy atom. The van der Waals surface area contributed by atoms with Crippen LogP contribution < -0.4 is 0 Å². The standard InChI is InChI=1S/C77H140O6/c1-4-7-10-13-16-19-22-25-28-31-33-34-35-36-37-38-39-40-41-42-44-46-49-52-55-58-61-64-67-70-76(79)82-73-74(72-81-75(78)69-66-63-60-57-54-51-48-45-30-27-24-21-18-15-12-9-6-3)83-77(80)71-68-65-62-59-56-53-50-47-43-32-29-26-23-20-17-14-11-8-5-2/h18,21-22,25,27,30-31,33,35-36,74H,4-17,19-20,23-24,26,28-29,32,34,37-73H2,1-3H3/b21-18-,25-22-,30-27-,33-31-,36-35-. The first kappa shape index (κ1) is 80.1. The fourth-order valence-electron chi connectivity index (χ4n) is 11.0. The normalized spacial score (nSPS) is 12.4. The molecule has 6 heteroatoms. The molecule has 0 heterocycles. The zero-order chi connectivity index (χ0) is 59.9. The monoisotopic (exact) mass is 1160 g/mol. The second-order valence-corrected chi connectivity index (χ2v) is 24.9. The summed E-state index contributed by atoms with van der Waals surface area (Å²) in [5.74, 6) is -0.853. The van der Waals surface area contributed by atoms with E-state index in [1.807, 2.05) is 0 Å². The second kappa shape index (κ2) is 71.6. The summed E-state index contributed by atoms with van der Waals surface area (Å²) in [5.41, 5.74) is 0. The van der Waals surface area contributed by atoms with Gasteiger partial charge in [0.05, 0.1) is 0 Å². The molecule has 0 N–H and O–H groups in total. The quantitative estimate of drug-likeness (QED) is 0.0261. The highest BCUT2D eigenvalue weighted by molar-refractivity contribution is 5.71. The Hall–Kier alpha value is -2.89. The maximum Gasteiger partial charge on any atom is 0.306 e. The topological polar surface area (TPSA) is 78.9 Å². The third-order valence-electron chi connectivity index (χ3n) is 16.5. The van der Waals surface area contributed by atoms with Gasteiger partial charge in [0.1, 0.15) is 13.2 Å². The van der Waals surface area contributed by atoms with Gasteiger partial charge in [-0.15, -0.1) is 0 Å². The molecule has 0 aliphatic heterocycles. The van der Waals surface area contributed by atoms with Crippen molar-refractivity contribution in [3.63, 3.8) is 0 Å². The van der Waals surface area contributed by atoms with Gasteiger partial charge in [-0.3, -0.25) is 14.4 Å². The van der Waals surface area contributed by atoms with Crippen molar-refractivity contribution in [1.29, 1.82) is 0 Å². The van der Waals surface area contributed by atoms with Crippen molar-refractivity contribution in [2.75, 3.05) is 13.2 Å². The number of rotatable bonds is 68. The van der Waals surface area contributed by atoms with Gasteiger partial charge < -0.3 is 14.2 Å². The van der Waals surface area contributed by atoms with Crippen molar-refractivity contribution in [1.82, 2.24) is 0 Å². The molecule has 6 nitrogen and oxygen atoms in total. The van der Waals surface area contributed by atoms with E-state index in [1.54, 1.807) is 0 Å². The van der Waals surface area contributed by atoms with E-state index in [0.29, 0.717) is 19.3 Å². The van der Waals surface area contributed by atoms with Gasteiger partial charge in [0, 0.05) is 19.3 Å². The number of hydrogen-bond acceptors (Lipinski definition) is 6. The molecule has 1 atom stereocenters. The molecule has 0 saturated carbocycles. The molecular formula is C77H140O6. The average Bonchev–Trinajstić information content (AvgIpc) is 3.50. The van der Waals surface area contributed by atoms with Crippen molar-refractivity contribution in [2.45, 2.75) is 399 Å². The van der Waals surface area contributed by atoms with Crippen molar-refractivity contribution in [3.8, 4) is 0 Å². The number of allylic oxidation sites excluding steroid dienone is 10. The summed E-state index contributed by atoms with van der Waals surface area (Å²) in [5, 5.41) is 0. The molecule has 0 spiro atoms. The van der Waals surface area contributed by atoms with E-state index in [0.717, 1.165) is 83.5 Å². The lowest BCUT2D eigenvalue weighted by atomic mass is 10.0. The van der Waals surface area contributed by atoms with Gasteiger partial charge in [0.15, 0.2) is 6.10 Å². The highest BCUT2D eigenvalue weighted by Gasteiger charge is 2.19. The smallest absolute Gasteiger partial charge is 0.306 e. The van der Waals surface area contributed by atoms with Crippen LogP contribution in [0.5, 0.6) is 0 Å². The molecule has 0 aromatic heterocycles. The Labute approximate surface area is 517 Å². The first-order valence-electron chi connectivity index (χ1n) is 36.8. The van der Waals surface area contributed by atoms with Gasteiger partial charge in [-0.25, -0.2) is 0 Å². The van der Waals surface area contributed by atoms with Crippen molar-refractivity contribution in [3.05, 3.63) is 60.8 Å². The molecule has 0 saturated heterocycles. The molecule has 1 unspecified atom stereocenters. The Morgan fingerprint density at radius 2 is 0.434 bits per heavy atom. The summed E-state index contributed by atoms with van der Waals surface area (Å²) >= 11 is 0. The lowest BCUT2D eigenvalue weighted by Crippen LogP contribution is -2.30. The number of unbranched alkanes of at least 4 members (excludes halogenated alkanes) is 47. The van der Waals surface area contributed by atoms with Crippen molar-refractivity contribution < 1.29 is 28.6 Å². The fraction of sp³-hybridized carbons (Fsp3) is 0.831. The van der Waals surface area contributed by atoms with Crippen LogP contribution in [-0.4, -0.2) is 37.2 Å². The molecular weight excluding hydrogens is 1020 g/mol. The molecule has 0 rings (SSSR count). The molecule has 0 aliphatic carbocycles. The van der Waals surface area contributed by atoms with Crippen molar-refractivity contribution in [2.24, 2.45) is 0 Å². The summed E-state index contributed by atoms with van der Waals surface area (Å²) < 4.78 is 17.0. The van der Waals surface area contributed by atoms with Crippen LogP contribution in [0.4, 0.5) is 0 Å². The SMILES string of the molecule is CCCCC/C=C\C/C=C\CCCCCCCCCC(=O)OCC(COC(=O)CCCCCCCCCCCCCCCC/C=C\C/C=C\C/C=C\CCCCCCC)OC(=O)CCCCCCCCCCCCCCCCCCCCC. The number of carbonyl (C=O) groups excluding carboxylic acids is 3. The van der Waals surface area contributed by atoms with Gasteiger partial charge in [0.25, 0.3) is 0 Å². The summed E-state index contributed by atoms with van der Waals surface area (Å²) in [6, 6.07) is 0. The predicted octanol–water partition coefficient (Wildman–Crippen LogP) is 25.5. The minimum Gasteiger partial charge on any atom is -0.462 e. The summed E-state index contributed by atoms with van der Waals surface area (Å²) in [4.78, 5) is 38.5. The van der Waals surface area contributed by atoms with Crippen LogP contribution in [0, 0.1) is 0 Å². The lowest BCUT2D eigenvalue weighted by molar-refractivity contribution is -0.167. The van der Waals surface area contributed by atoms with Crippen molar-refractivity contribution >= 4 is 17.9 Å². The van der Waals surface area contributed by atoms with Crippen LogP contribution in [0.15, 0.2) is 60.8 Å². The van der Waals surface area contributed by atoms with Crippen LogP contribution in [-0.2, 0) is 28.6 Å². The summed E-state index contributed by atoms with van der Waals surface area (Å²) in [6.07, 6.45) is 92.5. The molecule has 0 aliphatic rings. The van der Waals surface area contributed by atoms with E-state index in [9.17, 15) is 14.4 Å². The third-order valence-corrected chi connectivity index (χ3v) is 16.5. The molecule has 0 aromatic rings. The first-order chi connectivity index (χ1) is 41.0. The fourth-order valence-corrected chi connectivity index (χ4v) is 11.0. The zero-order valence-corrected chi connectivity index (χ0v) is 55.7. The van der Waals surface area contributed by atoms with Gasteiger partial charge in [-0.05, 0) is 89.9 Å². The molecule has 83 heavy (non-hydrogen) atoms. The van der Waals surface area contributed by atoms with Gasteiger partial charge >= 0.3 is 17.9 Å². The lowest BCUT2D eigenvalue weighted by Gasteiger charge is -2.18. The van der Waals surface area contributed by atoms with Crippen LogP contribution in [0.3, 0.4) is 0 Å². The third kappa shape index (κ3) is 69.8. The van der Waals surface area contributed by atoms with E-state index in [-0.39, 0.29) is 31.1 Å². The average molecular weight is 1160 g/mol. The van der Waals surface area contributed by atoms with Gasteiger partial charge in [0.2, 0.25) is 0 Å². The Kier molecular flexibility index (Phi) is 69.1. The highest BCUT2D eigenvalue weighted by atomic mass is 16.6. The number of carbonyl (C=O) groups is 3. The van der Waals surface area contributed by atoms with Crippen LogP contribution in [0.1, 0.15) is 393 Å². The summed E-state index contributed by atoms with van der Waals surface area (Å²) in [6.45, 7) is 6.67. The van der Waals surface area contributed by atoms with Crippen LogP contribution >= 0.6 is 0 Å². The largest absolute Gasteiger partial charge is 0.462 e. The van der Waals surface area contributed by atoms with Gasteiger partial charge in [-0.2, -0.15) is 0 Å². The second-order valence-electron chi connectivity index (χ2n) is 24.9. The molecule has 0 bridgehead atoms. The Balaban J connectivity index is 4.27. The maximum absolute atomic E-state index is 13.0. The molecule has 0 aromatic carbocycles. The molecule has 0 radical (unpaired) electrons. The van der Waals surface area contributed by atoms with E-state index >= 15 is 0 Å². The van der Waals surface area contributed by atoms with E-state index in [4.69, 9.17) is 14.2 Å². The van der Waals surface area contributed by atoms with Crippen LogP contribution in [0.2, 0.25) is 0 Å². The van der Waals surface area contributed by atoms with E-state index in [2.05, 4.69) is 81.5 Å². The van der Waals surface area contributed by atoms with E-state index < -0.39 is 6.10 Å². The first-order valence-corrected chi connectivity index (χ1v) is 36.8. The Bertz CT molecular complexity index is 1470. The molecule has 484 valence electrons. The highest BCUT2D eigenvalue weighted by Crippen LogP contribution is 2.18. The number of esters is 3. The number of hydrogen-bond donors (Lipinski definition) is 0. The molecule has 0 amide bonds. The zero-order valence-electron chi connectivity index (χ0n) is 55.7. The summed E-state index contributed by atoms with van der Waals surface area (Å²) in [7, 11) is 0. The van der Waals surface area contributed by atoms with Crippen LogP contribution in [0.25, 0.3) is 0 Å². The van der Waals surface area contributed by atoms with E-state index in [1.165, 1.54) is 270 Å². The Morgan fingerprint density at radius 1 is 0.241 bits per heavy atom. The predicted molar refractivity (Wildman–Crippen MR) is 362 cm³/mol. The molecule has 0 fully saturated rings.